The molecule has 0 radical (unpaired) electrons. The van der Waals surface area contributed by atoms with Crippen molar-refractivity contribution in [2.24, 2.45) is 5.92 Å². The lowest BCUT2D eigenvalue weighted by Gasteiger charge is -2.29. The van der Waals surface area contributed by atoms with Crippen LogP contribution in [-0.2, 0) is 0 Å². The lowest BCUT2D eigenvalue weighted by molar-refractivity contribution is 0.255. The molecular weight excluding hydrogens is 268 g/mol. The van der Waals surface area contributed by atoms with E-state index in [0.29, 0.717) is 4.77 Å². The Morgan fingerprint density at radius 1 is 1.35 bits per heavy atom. The van der Waals surface area contributed by atoms with Gasteiger partial charge in [-0.05, 0) is 43.1 Å². The SMILES string of the molecule is CCC1CCCC(n2c(=S)[nH]c3ccccc3c2=O)C1. The maximum atomic E-state index is 12.7. The molecule has 106 valence electrons. The molecule has 3 nitrogen and oxygen atoms in total. The van der Waals surface area contributed by atoms with Gasteiger partial charge in [-0.15, -0.1) is 0 Å². The van der Waals surface area contributed by atoms with Gasteiger partial charge < -0.3 is 4.98 Å². The molecule has 0 amide bonds. The van der Waals surface area contributed by atoms with E-state index >= 15 is 0 Å². The summed E-state index contributed by atoms with van der Waals surface area (Å²) in [6.45, 7) is 2.23. The van der Waals surface area contributed by atoms with Crippen molar-refractivity contribution in [3.63, 3.8) is 0 Å². The molecule has 0 aliphatic heterocycles. The molecule has 1 heterocycles. The van der Waals surface area contributed by atoms with Gasteiger partial charge in [0.25, 0.3) is 5.56 Å². The monoisotopic (exact) mass is 288 g/mol. The second-order valence-corrected chi connectivity index (χ2v) is 6.13. The standard InChI is InChI=1S/C16H20N2OS/c1-2-11-6-5-7-12(10-11)18-15(19)13-8-3-4-9-14(13)17-16(18)20/h3-4,8-9,11-12H,2,5-7,10H2,1H3,(H,17,20). The molecule has 0 saturated heterocycles. The van der Waals surface area contributed by atoms with Crippen molar-refractivity contribution in [1.82, 2.24) is 9.55 Å². The van der Waals surface area contributed by atoms with E-state index in [-0.39, 0.29) is 11.6 Å². The number of aromatic amines is 1. The van der Waals surface area contributed by atoms with Crippen LogP contribution in [0.2, 0.25) is 0 Å². The first kappa shape index (κ1) is 13.6. The van der Waals surface area contributed by atoms with Crippen LogP contribution in [-0.4, -0.2) is 9.55 Å². The Hall–Kier alpha value is -1.42. The van der Waals surface area contributed by atoms with Crippen molar-refractivity contribution >= 4 is 23.1 Å². The van der Waals surface area contributed by atoms with Crippen molar-refractivity contribution < 1.29 is 0 Å². The normalized spacial score (nSPS) is 23.1. The Bertz CT molecular complexity index is 731. The summed E-state index contributed by atoms with van der Waals surface area (Å²) >= 11 is 5.43. The van der Waals surface area contributed by atoms with Crippen LogP contribution in [0, 0.1) is 10.7 Å². The van der Waals surface area contributed by atoms with Gasteiger partial charge in [0.1, 0.15) is 0 Å². The maximum absolute atomic E-state index is 12.7. The molecule has 1 aliphatic rings. The molecule has 0 bridgehead atoms. The van der Waals surface area contributed by atoms with Crippen molar-refractivity contribution in [2.75, 3.05) is 0 Å². The summed E-state index contributed by atoms with van der Waals surface area (Å²) in [5.41, 5.74) is 0.896. The summed E-state index contributed by atoms with van der Waals surface area (Å²) in [7, 11) is 0. The third-order valence-electron chi connectivity index (χ3n) is 4.53. The van der Waals surface area contributed by atoms with Gasteiger partial charge in [-0.1, -0.05) is 38.3 Å². The molecule has 3 rings (SSSR count). The predicted molar refractivity (Wildman–Crippen MR) is 84.7 cm³/mol. The van der Waals surface area contributed by atoms with E-state index in [1.54, 1.807) is 0 Å². The topological polar surface area (TPSA) is 37.8 Å². The summed E-state index contributed by atoms with van der Waals surface area (Å²) in [4.78, 5) is 15.9. The first-order valence-electron chi connectivity index (χ1n) is 7.44. The van der Waals surface area contributed by atoms with Crippen LogP contribution < -0.4 is 5.56 Å². The second kappa shape index (κ2) is 5.52. The van der Waals surface area contributed by atoms with Crippen LogP contribution in [0.15, 0.2) is 29.1 Å². The number of benzene rings is 1. The lowest BCUT2D eigenvalue weighted by atomic mass is 9.84. The van der Waals surface area contributed by atoms with Gasteiger partial charge in [0.05, 0.1) is 10.9 Å². The number of aromatic nitrogens is 2. The number of para-hydroxylation sites is 1. The Kier molecular flexibility index (Phi) is 3.74. The third-order valence-corrected chi connectivity index (χ3v) is 4.83. The Morgan fingerprint density at radius 3 is 2.95 bits per heavy atom. The maximum Gasteiger partial charge on any atom is 0.262 e. The summed E-state index contributed by atoms with van der Waals surface area (Å²) in [5.74, 6) is 0.724. The largest absolute Gasteiger partial charge is 0.332 e. The van der Waals surface area contributed by atoms with Crippen molar-refractivity contribution in [3.05, 3.63) is 39.4 Å². The number of fused-ring (bicyclic) bond motifs is 1. The fourth-order valence-corrected chi connectivity index (χ4v) is 3.72. The quantitative estimate of drug-likeness (QED) is 0.841. The fraction of sp³-hybridized carbons (Fsp3) is 0.500. The molecule has 2 atom stereocenters. The molecule has 1 aliphatic carbocycles. The molecular formula is C16H20N2OS. The summed E-state index contributed by atoms with van der Waals surface area (Å²) < 4.78 is 2.38. The number of H-pyrrole nitrogens is 1. The smallest absolute Gasteiger partial charge is 0.262 e. The molecule has 1 aromatic heterocycles. The van der Waals surface area contributed by atoms with Crippen LogP contribution in [0.1, 0.15) is 45.1 Å². The summed E-state index contributed by atoms with van der Waals surface area (Å²) in [6, 6.07) is 7.87. The molecule has 1 aromatic carbocycles. The first-order chi connectivity index (χ1) is 9.70. The van der Waals surface area contributed by atoms with Crippen LogP contribution in [0.3, 0.4) is 0 Å². The Morgan fingerprint density at radius 2 is 2.15 bits per heavy atom. The molecule has 2 aromatic rings. The fourth-order valence-electron chi connectivity index (χ4n) is 3.38. The van der Waals surface area contributed by atoms with Crippen molar-refractivity contribution in [3.8, 4) is 0 Å². The molecule has 4 heteroatoms. The second-order valence-electron chi connectivity index (χ2n) is 5.75. The van der Waals surface area contributed by atoms with Crippen molar-refractivity contribution in [2.45, 2.75) is 45.1 Å². The average molecular weight is 288 g/mol. The molecule has 20 heavy (non-hydrogen) atoms. The van der Waals surface area contributed by atoms with E-state index in [4.69, 9.17) is 12.2 Å². The highest BCUT2D eigenvalue weighted by molar-refractivity contribution is 7.71. The zero-order valence-corrected chi connectivity index (χ0v) is 12.6. The Balaban J connectivity index is 2.11. The van der Waals surface area contributed by atoms with Gasteiger partial charge in [0.2, 0.25) is 0 Å². The number of nitrogens with zero attached hydrogens (tertiary/aromatic N) is 1. The summed E-state index contributed by atoms with van der Waals surface area (Å²) in [5, 5.41) is 0.736. The van der Waals surface area contributed by atoms with Gasteiger partial charge in [-0.25, -0.2) is 0 Å². The van der Waals surface area contributed by atoms with Crippen molar-refractivity contribution in [1.29, 1.82) is 0 Å². The predicted octanol–water partition coefficient (Wildman–Crippen LogP) is 4.20. The van der Waals surface area contributed by atoms with Crippen LogP contribution in [0.25, 0.3) is 10.9 Å². The van der Waals surface area contributed by atoms with E-state index in [9.17, 15) is 4.79 Å². The first-order valence-corrected chi connectivity index (χ1v) is 7.85. The average Bonchev–Trinajstić information content (AvgIpc) is 2.47. The number of hydrogen-bond donors (Lipinski definition) is 1. The zero-order chi connectivity index (χ0) is 14.1. The number of hydrogen-bond acceptors (Lipinski definition) is 2. The molecule has 1 saturated carbocycles. The minimum absolute atomic E-state index is 0.0612. The molecule has 1 N–H and O–H groups in total. The molecule has 2 unspecified atom stereocenters. The zero-order valence-electron chi connectivity index (χ0n) is 11.8. The third kappa shape index (κ3) is 2.33. The lowest BCUT2D eigenvalue weighted by Crippen LogP contribution is -2.30. The van der Waals surface area contributed by atoms with Crippen LogP contribution in [0.4, 0.5) is 0 Å². The van der Waals surface area contributed by atoms with Gasteiger partial charge in [-0.3, -0.25) is 9.36 Å². The van der Waals surface area contributed by atoms with Gasteiger partial charge >= 0.3 is 0 Å². The van der Waals surface area contributed by atoms with Crippen LogP contribution in [0.5, 0.6) is 0 Å². The van der Waals surface area contributed by atoms with E-state index in [1.165, 1.54) is 19.3 Å². The van der Waals surface area contributed by atoms with E-state index in [1.807, 2.05) is 28.8 Å². The van der Waals surface area contributed by atoms with Crippen LogP contribution >= 0.6 is 12.2 Å². The minimum Gasteiger partial charge on any atom is -0.332 e. The van der Waals surface area contributed by atoms with E-state index < -0.39 is 0 Å². The molecule has 0 spiro atoms. The van der Waals surface area contributed by atoms with Gasteiger partial charge in [-0.2, -0.15) is 0 Å². The number of nitrogens with one attached hydrogen (secondary N) is 1. The highest BCUT2D eigenvalue weighted by Crippen LogP contribution is 2.33. The summed E-state index contributed by atoms with van der Waals surface area (Å²) in [6.07, 6.45) is 5.80. The Labute approximate surface area is 123 Å². The van der Waals surface area contributed by atoms with E-state index in [0.717, 1.165) is 29.7 Å². The highest BCUT2D eigenvalue weighted by atomic mass is 32.1. The van der Waals surface area contributed by atoms with Gasteiger partial charge in [0, 0.05) is 6.04 Å². The van der Waals surface area contributed by atoms with Gasteiger partial charge in [0.15, 0.2) is 4.77 Å². The molecule has 1 fully saturated rings. The highest BCUT2D eigenvalue weighted by Gasteiger charge is 2.24. The minimum atomic E-state index is 0.0612. The van der Waals surface area contributed by atoms with E-state index in [2.05, 4.69) is 11.9 Å². The number of rotatable bonds is 2.